The summed E-state index contributed by atoms with van der Waals surface area (Å²) < 4.78 is 5.93. The van der Waals surface area contributed by atoms with Crippen LogP contribution in [-0.2, 0) is 9.53 Å². The number of rotatable bonds is 3. The third kappa shape index (κ3) is 4.91. The maximum atomic E-state index is 12.6. The number of amides is 2. The van der Waals surface area contributed by atoms with E-state index in [1.54, 1.807) is 20.8 Å². The minimum absolute atomic E-state index is 0.0837. The Hall–Kier alpha value is -2.16. The van der Waals surface area contributed by atoms with Crippen LogP contribution in [0.4, 0.5) is 16.2 Å². The summed E-state index contributed by atoms with van der Waals surface area (Å²) in [6, 6.07) is 3.58. The summed E-state index contributed by atoms with van der Waals surface area (Å²) in [6.07, 6.45) is 0.582. The summed E-state index contributed by atoms with van der Waals surface area (Å²) in [7, 11) is 0. The fraction of sp³-hybridized carbons (Fsp3) is 0.500. The van der Waals surface area contributed by atoms with Crippen LogP contribution in [0, 0.1) is 10.1 Å². The van der Waals surface area contributed by atoms with E-state index in [4.69, 9.17) is 4.74 Å². The van der Waals surface area contributed by atoms with Crippen LogP contribution in [0.25, 0.3) is 0 Å². The third-order valence-electron chi connectivity index (χ3n) is 3.60. The number of nitro benzene ring substituents is 1. The standard InChI is InChI=1S/C16H20BrN3O5/c1-16(2,3)25-15(22)19-8-4-5-13(19)14(21)18-11-9-10(17)6-7-12(11)20(23)24/h6-7,9,13H,4-5,8H2,1-3H3,(H,18,21)/t13-/m0/s1. The van der Waals surface area contributed by atoms with E-state index in [1.807, 2.05) is 0 Å². The molecule has 1 saturated heterocycles. The number of carbonyl (C=O) groups excluding carboxylic acids is 2. The Labute approximate surface area is 153 Å². The summed E-state index contributed by atoms with van der Waals surface area (Å²) in [5.41, 5.74) is -0.789. The van der Waals surface area contributed by atoms with Gasteiger partial charge in [0, 0.05) is 17.1 Å². The van der Waals surface area contributed by atoms with E-state index >= 15 is 0 Å². The van der Waals surface area contributed by atoms with Gasteiger partial charge in [0.25, 0.3) is 5.69 Å². The van der Waals surface area contributed by atoms with Crippen LogP contribution in [0.5, 0.6) is 0 Å². The number of nitrogens with one attached hydrogen (secondary N) is 1. The van der Waals surface area contributed by atoms with Crippen LogP contribution in [-0.4, -0.2) is 40.0 Å². The highest BCUT2D eigenvalue weighted by atomic mass is 79.9. The van der Waals surface area contributed by atoms with Crippen molar-refractivity contribution in [1.82, 2.24) is 4.90 Å². The summed E-state index contributed by atoms with van der Waals surface area (Å²) >= 11 is 3.23. The van der Waals surface area contributed by atoms with Crippen molar-refractivity contribution in [3.05, 3.63) is 32.8 Å². The quantitative estimate of drug-likeness (QED) is 0.600. The molecule has 2 rings (SSSR count). The number of ether oxygens (including phenoxy) is 1. The molecule has 0 unspecified atom stereocenters. The average Bonchev–Trinajstić information content (AvgIpc) is 2.94. The molecule has 25 heavy (non-hydrogen) atoms. The lowest BCUT2D eigenvalue weighted by Crippen LogP contribution is -2.45. The molecule has 0 spiro atoms. The molecule has 2 amide bonds. The van der Waals surface area contributed by atoms with Gasteiger partial charge in [0.2, 0.25) is 5.91 Å². The Morgan fingerprint density at radius 3 is 2.68 bits per heavy atom. The van der Waals surface area contributed by atoms with Crippen molar-refractivity contribution < 1.29 is 19.2 Å². The minimum Gasteiger partial charge on any atom is -0.444 e. The Balaban J connectivity index is 2.16. The van der Waals surface area contributed by atoms with Crippen molar-refractivity contribution in [2.24, 2.45) is 0 Å². The molecule has 1 atom stereocenters. The van der Waals surface area contributed by atoms with Gasteiger partial charge in [-0.3, -0.25) is 19.8 Å². The van der Waals surface area contributed by atoms with Gasteiger partial charge in [0.15, 0.2) is 0 Å². The topological polar surface area (TPSA) is 102 Å². The Morgan fingerprint density at radius 2 is 2.08 bits per heavy atom. The molecule has 1 N–H and O–H groups in total. The molecule has 1 aliphatic heterocycles. The molecule has 1 aromatic rings. The van der Waals surface area contributed by atoms with Gasteiger partial charge in [-0.15, -0.1) is 0 Å². The lowest BCUT2D eigenvalue weighted by atomic mass is 10.2. The van der Waals surface area contributed by atoms with Crippen molar-refractivity contribution in [3.63, 3.8) is 0 Å². The molecule has 0 radical (unpaired) electrons. The van der Waals surface area contributed by atoms with Crippen LogP contribution in [0.3, 0.4) is 0 Å². The van der Waals surface area contributed by atoms with Gasteiger partial charge in [0.05, 0.1) is 4.92 Å². The van der Waals surface area contributed by atoms with Crippen molar-refractivity contribution in [3.8, 4) is 0 Å². The van der Waals surface area contributed by atoms with E-state index < -0.39 is 28.6 Å². The Morgan fingerprint density at radius 1 is 1.40 bits per heavy atom. The fourth-order valence-corrected chi connectivity index (χ4v) is 2.92. The van der Waals surface area contributed by atoms with E-state index in [1.165, 1.54) is 23.1 Å². The number of hydrogen-bond donors (Lipinski definition) is 1. The second-order valence-electron chi connectivity index (χ2n) is 6.74. The SMILES string of the molecule is CC(C)(C)OC(=O)N1CCC[C@H]1C(=O)Nc1cc(Br)ccc1[N+](=O)[O-]. The van der Waals surface area contributed by atoms with E-state index in [9.17, 15) is 19.7 Å². The van der Waals surface area contributed by atoms with Gasteiger partial charge in [0.1, 0.15) is 17.3 Å². The van der Waals surface area contributed by atoms with E-state index in [0.717, 1.165) is 0 Å². The molecule has 8 nitrogen and oxygen atoms in total. The van der Waals surface area contributed by atoms with Crippen LogP contribution < -0.4 is 5.32 Å². The van der Waals surface area contributed by atoms with Gasteiger partial charge in [-0.2, -0.15) is 0 Å². The van der Waals surface area contributed by atoms with Gasteiger partial charge < -0.3 is 10.1 Å². The van der Waals surface area contributed by atoms with Crippen LogP contribution >= 0.6 is 15.9 Å². The molecular weight excluding hydrogens is 394 g/mol. The molecule has 1 aromatic carbocycles. The molecule has 136 valence electrons. The molecule has 0 saturated carbocycles. The van der Waals surface area contributed by atoms with Crippen LogP contribution in [0.1, 0.15) is 33.6 Å². The van der Waals surface area contributed by atoms with E-state index in [2.05, 4.69) is 21.2 Å². The number of nitrogens with zero attached hydrogens (tertiary/aromatic N) is 2. The fourth-order valence-electron chi connectivity index (χ4n) is 2.56. The number of anilines is 1. The average molecular weight is 414 g/mol. The largest absolute Gasteiger partial charge is 0.444 e. The highest BCUT2D eigenvalue weighted by Crippen LogP contribution is 2.29. The smallest absolute Gasteiger partial charge is 0.410 e. The van der Waals surface area contributed by atoms with Crippen molar-refractivity contribution in [2.45, 2.75) is 45.3 Å². The van der Waals surface area contributed by atoms with Crippen molar-refractivity contribution >= 4 is 39.3 Å². The Kier molecular flexibility index (Phi) is 5.66. The normalized spacial score (nSPS) is 17.3. The number of hydrogen-bond acceptors (Lipinski definition) is 5. The maximum Gasteiger partial charge on any atom is 0.410 e. The number of halogens is 1. The summed E-state index contributed by atoms with van der Waals surface area (Å²) in [5.74, 6) is -0.468. The van der Waals surface area contributed by atoms with Gasteiger partial charge in [-0.25, -0.2) is 4.79 Å². The molecule has 0 aliphatic carbocycles. The molecule has 9 heteroatoms. The van der Waals surface area contributed by atoms with Gasteiger partial charge in [-0.05, 0) is 45.7 Å². The number of nitro groups is 1. The lowest BCUT2D eigenvalue weighted by Gasteiger charge is -2.28. The molecule has 0 bridgehead atoms. The number of carbonyl (C=O) groups is 2. The first kappa shape index (κ1) is 19.2. The first-order valence-electron chi connectivity index (χ1n) is 7.83. The van der Waals surface area contributed by atoms with Crippen molar-refractivity contribution in [2.75, 3.05) is 11.9 Å². The Bertz CT molecular complexity index is 702. The second kappa shape index (κ2) is 7.38. The van der Waals surface area contributed by atoms with Crippen LogP contribution in [0.2, 0.25) is 0 Å². The molecule has 1 heterocycles. The zero-order valence-corrected chi connectivity index (χ0v) is 15.8. The first-order valence-corrected chi connectivity index (χ1v) is 8.62. The molecule has 1 fully saturated rings. The zero-order valence-electron chi connectivity index (χ0n) is 14.2. The number of likely N-dealkylation sites (tertiary alicyclic amines) is 1. The molecule has 1 aliphatic rings. The monoisotopic (exact) mass is 413 g/mol. The molecular formula is C16H20BrN3O5. The first-order chi connectivity index (χ1) is 11.6. The van der Waals surface area contributed by atoms with Crippen molar-refractivity contribution in [1.29, 1.82) is 0 Å². The number of benzene rings is 1. The summed E-state index contributed by atoms with van der Waals surface area (Å²) in [5, 5.41) is 13.7. The third-order valence-corrected chi connectivity index (χ3v) is 4.09. The summed E-state index contributed by atoms with van der Waals surface area (Å²) in [6.45, 7) is 5.66. The van der Waals surface area contributed by atoms with Gasteiger partial charge in [-0.1, -0.05) is 15.9 Å². The van der Waals surface area contributed by atoms with Crippen LogP contribution in [0.15, 0.2) is 22.7 Å². The zero-order chi connectivity index (χ0) is 18.8. The second-order valence-corrected chi connectivity index (χ2v) is 7.66. The minimum atomic E-state index is -0.714. The summed E-state index contributed by atoms with van der Waals surface area (Å²) in [4.78, 5) is 36.8. The predicted molar refractivity (Wildman–Crippen MR) is 95.4 cm³/mol. The highest BCUT2D eigenvalue weighted by molar-refractivity contribution is 9.10. The van der Waals surface area contributed by atoms with Gasteiger partial charge >= 0.3 is 6.09 Å². The van der Waals surface area contributed by atoms with E-state index in [0.29, 0.717) is 23.9 Å². The van der Waals surface area contributed by atoms with E-state index in [-0.39, 0.29) is 11.4 Å². The lowest BCUT2D eigenvalue weighted by molar-refractivity contribution is -0.383. The predicted octanol–water partition coefficient (Wildman–Crippen LogP) is 3.70. The molecule has 0 aromatic heterocycles. The maximum absolute atomic E-state index is 12.6. The highest BCUT2D eigenvalue weighted by Gasteiger charge is 2.37.